The first-order chi connectivity index (χ1) is 9.19. The Kier molecular flexibility index (Phi) is 2.80. The minimum atomic E-state index is -0.180. The number of nitrogens with zero attached hydrogens (tertiary/aromatic N) is 4. The predicted molar refractivity (Wildman–Crippen MR) is 68.1 cm³/mol. The third-order valence-electron chi connectivity index (χ3n) is 2.55. The summed E-state index contributed by atoms with van der Waals surface area (Å²) in [6.45, 7) is 0.325. The first kappa shape index (κ1) is 11.9. The lowest BCUT2D eigenvalue weighted by molar-refractivity contribution is 0.176. The van der Waals surface area contributed by atoms with Gasteiger partial charge in [-0.1, -0.05) is 11.3 Å². The second kappa shape index (κ2) is 4.48. The van der Waals surface area contributed by atoms with Gasteiger partial charge in [0.25, 0.3) is 0 Å². The molecule has 0 unspecified atom stereocenters. The highest BCUT2D eigenvalue weighted by atomic mass is 32.1. The summed E-state index contributed by atoms with van der Waals surface area (Å²) >= 11 is 1.34. The highest BCUT2D eigenvalue weighted by molar-refractivity contribution is 7.19. The maximum absolute atomic E-state index is 9.50. The Hall–Kier alpha value is -2.19. The zero-order valence-corrected chi connectivity index (χ0v) is 10.8. The van der Waals surface area contributed by atoms with Crippen LogP contribution in [0.5, 0.6) is 11.5 Å². The van der Waals surface area contributed by atoms with Gasteiger partial charge >= 0.3 is 0 Å². The van der Waals surface area contributed by atoms with Crippen LogP contribution >= 0.6 is 11.3 Å². The highest BCUT2D eigenvalue weighted by Gasteiger charge is 2.13. The van der Waals surface area contributed by atoms with Crippen molar-refractivity contribution in [2.24, 2.45) is 0 Å². The number of phenols is 2. The van der Waals surface area contributed by atoms with Crippen LogP contribution in [0, 0.1) is 0 Å². The number of ether oxygens (including phenoxy) is 1. The summed E-state index contributed by atoms with van der Waals surface area (Å²) in [5.74, 6) is 0.274. The topological polar surface area (TPSA) is 92.8 Å². The lowest BCUT2D eigenvalue weighted by atomic mass is 10.2. The van der Waals surface area contributed by atoms with E-state index in [4.69, 9.17) is 4.74 Å². The molecule has 2 aromatic heterocycles. The van der Waals surface area contributed by atoms with Gasteiger partial charge in [0.15, 0.2) is 17.3 Å². The van der Waals surface area contributed by atoms with Crippen LogP contribution in [0.15, 0.2) is 18.2 Å². The van der Waals surface area contributed by atoms with Crippen LogP contribution in [0.25, 0.3) is 15.5 Å². The molecule has 0 aliphatic heterocycles. The minimum Gasteiger partial charge on any atom is -0.504 e. The summed E-state index contributed by atoms with van der Waals surface area (Å²) in [4.78, 5) is 0.648. The van der Waals surface area contributed by atoms with Gasteiger partial charge in [0.2, 0.25) is 4.96 Å². The molecule has 19 heavy (non-hydrogen) atoms. The lowest BCUT2D eigenvalue weighted by Gasteiger charge is -1.99. The first-order valence-corrected chi connectivity index (χ1v) is 6.23. The lowest BCUT2D eigenvalue weighted by Crippen LogP contribution is -1.97. The van der Waals surface area contributed by atoms with Crippen molar-refractivity contribution in [3.63, 3.8) is 0 Å². The van der Waals surface area contributed by atoms with Crippen molar-refractivity contribution >= 4 is 16.3 Å². The fourth-order valence-electron chi connectivity index (χ4n) is 1.65. The van der Waals surface area contributed by atoms with E-state index >= 15 is 0 Å². The summed E-state index contributed by atoms with van der Waals surface area (Å²) in [6.07, 6.45) is 0. The number of hydrogen-bond acceptors (Lipinski definition) is 7. The van der Waals surface area contributed by atoms with Crippen molar-refractivity contribution in [1.29, 1.82) is 0 Å². The third-order valence-corrected chi connectivity index (χ3v) is 3.50. The number of aromatic hydroxyl groups is 2. The average molecular weight is 278 g/mol. The Morgan fingerprint density at radius 1 is 1.26 bits per heavy atom. The van der Waals surface area contributed by atoms with Crippen molar-refractivity contribution in [2.75, 3.05) is 7.11 Å². The zero-order valence-electron chi connectivity index (χ0n) is 9.94. The molecule has 1 aromatic carbocycles. The van der Waals surface area contributed by atoms with E-state index in [-0.39, 0.29) is 11.5 Å². The maximum atomic E-state index is 9.50. The van der Waals surface area contributed by atoms with Gasteiger partial charge in [-0.05, 0) is 18.2 Å². The van der Waals surface area contributed by atoms with E-state index in [0.29, 0.717) is 28.0 Å². The smallest absolute Gasteiger partial charge is 0.235 e. The molecule has 0 aliphatic rings. The van der Waals surface area contributed by atoms with Gasteiger partial charge in [0.1, 0.15) is 11.6 Å². The summed E-state index contributed by atoms with van der Waals surface area (Å²) < 4.78 is 6.62. The first-order valence-electron chi connectivity index (χ1n) is 5.41. The second-order valence-corrected chi connectivity index (χ2v) is 4.81. The molecule has 0 amide bonds. The largest absolute Gasteiger partial charge is 0.504 e. The van der Waals surface area contributed by atoms with Crippen LogP contribution < -0.4 is 0 Å². The van der Waals surface area contributed by atoms with Gasteiger partial charge in [-0.15, -0.1) is 10.2 Å². The van der Waals surface area contributed by atoms with E-state index < -0.39 is 0 Å². The van der Waals surface area contributed by atoms with Crippen LogP contribution in [-0.2, 0) is 11.3 Å². The maximum Gasteiger partial charge on any atom is 0.235 e. The Balaban J connectivity index is 2.07. The Morgan fingerprint density at radius 2 is 2.11 bits per heavy atom. The fraction of sp³-hybridized carbons (Fsp3) is 0.182. The molecule has 2 heterocycles. The predicted octanol–water partition coefficient (Wildman–Crippen LogP) is 1.41. The number of phenolic OH excluding ortho intramolecular Hbond substituents is 2. The molecule has 3 rings (SSSR count). The van der Waals surface area contributed by atoms with E-state index in [1.165, 1.54) is 23.5 Å². The number of methoxy groups -OCH3 is 1. The number of hydrogen-bond donors (Lipinski definition) is 2. The molecule has 0 spiro atoms. The highest BCUT2D eigenvalue weighted by Crippen LogP contribution is 2.32. The number of rotatable bonds is 3. The molecule has 0 aliphatic carbocycles. The third kappa shape index (κ3) is 2.00. The van der Waals surface area contributed by atoms with Crippen LogP contribution in [0.2, 0.25) is 0 Å². The van der Waals surface area contributed by atoms with Gasteiger partial charge < -0.3 is 14.9 Å². The van der Waals surface area contributed by atoms with Crippen molar-refractivity contribution < 1.29 is 14.9 Å². The molecule has 7 nitrogen and oxygen atoms in total. The molecule has 98 valence electrons. The molecule has 2 N–H and O–H groups in total. The van der Waals surface area contributed by atoms with E-state index in [9.17, 15) is 10.2 Å². The summed E-state index contributed by atoms with van der Waals surface area (Å²) in [6, 6.07) is 4.55. The van der Waals surface area contributed by atoms with E-state index in [1.807, 2.05) is 0 Å². The molecule has 0 saturated carbocycles. The Labute approximate surface area is 111 Å². The number of benzene rings is 1. The molecular formula is C11H10N4O3S. The standard InChI is InChI=1S/C11H10N4O3S/c1-18-5-9-12-13-11-15(9)14-10(19-11)6-2-3-7(16)8(17)4-6/h2-4,16-17H,5H2,1H3. The minimum absolute atomic E-state index is 0.160. The van der Waals surface area contributed by atoms with Gasteiger partial charge in [0.05, 0.1) is 0 Å². The second-order valence-electron chi connectivity index (χ2n) is 3.85. The fourth-order valence-corrected chi connectivity index (χ4v) is 2.50. The van der Waals surface area contributed by atoms with E-state index in [2.05, 4.69) is 15.3 Å². The summed E-state index contributed by atoms with van der Waals surface area (Å²) in [7, 11) is 1.58. The van der Waals surface area contributed by atoms with Crippen molar-refractivity contribution in [2.45, 2.75) is 6.61 Å². The Bertz CT molecular complexity index is 737. The van der Waals surface area contributed by atoms with Crippen molar-refractivity contribution in [3.05, 3.63) is 24.0 Å². The van der Waals surface area contributed by atoms with Crippen LogP contribution in [-0.4, -0.2) is 37.1 Å². The van der Waals surface area contributed by atoms with Gasteiger partial charge in [-0.25, -0.2) is 0 Å². The molecule has 0 saturated heterocycles. The monoisotopic (exact) mass is 278 g/mol. The van der Waals surface area contributed by atoms with Crippen LogP contribution in [0.3, 0.4) is 0 Å². The molecule has 0 radical (unpaired) electrons. The van der Waals surface area contributed by atoms with E-state index in [0.717, 1.165) is 0 Å². The normalized spacial score (nSPS) is 11.2. The van der Waals surface area contributed by atoms with Crippen molar-refractivity contribution in [3.8, 4) is 22.1 Å². The molecular weight excluding hydrogens is 268 g/mol. The van der Waals surface area contributed by atoms with Gasteiger partial charge in [-0.2, -0.15) is 9.61 Å². The molecule has 0 fully saturated rings. The van der Waals surface area contributed by atoms with E-state index in [1.54, 1.807) is 17.7 Å². The van der Waals surface area contributed by atoms with Crippen LogP contribution in [0.1, 0.15) is 5.82 Å². The summed E-state index contributed by atoms with van der Waals surface area (Å²) in [5, 5.41) is 31.8. The molecule has 0 atom stereocenters. The average Bonchev–Trinajstić information content (AvgIpc) is 2.95. The molecule has 0 bridgehead atoms. The number of aromatic nitrogens is 4. The zero-order chi connectivity index (χ0) is 13.4. The summed E-state index contributed by atoms with van der Waals surface area (Å²) in [5.41, 5.74) is 0.703. The van der Waals surface area contributed by atoms with Gasteiger partial charge in [0, 0.05) is 12.7 Å². The SMILES string of the molecule is COCc1nnc2sc(-c3ccc(O)c(O)c3)nn12. The van der Waals surface area contributed by atoms with Gasteiger partial charge in [-0.3, -0.25) is 0 Å². The van der Waals surface area contributed by atoms with Crippen molar-refractivity contribution in [1.82, 2.24) is 19.8 Å². The molecule has 3 aromatic rings. The number of fused-ring (bicyclic) bond motifs is 1. The van der Waals surface area contributed by atoms with Crippen LogP contribution in [0.4, 0.5) is 0 Å². The quantitative estimate of drug-likeness (QED) is 0.704. The molecule has 8 heteroatoms. The Morgan fingerprint density at radius 3 is 2.84 bits per heavy atom.